The van der Waals surface area contributed by atoms with E-state index in [9.17, 15) is 4.79 Å². The number of carbonyl (C=O) groups excluding carboxylic acids is 1. The molecule has 0 radical (unpaired) electrons. The molecule has 17 heavy (non-hydrogen) atoms. The van der Waals surface area contributed by atoms with Crippen molar-refractivity contribution < 1.29 is 9.53 Å². The van der Waals surface area contributed by atoms with E-state index in [1.807, 2.05) is 6.92 Å². The quantitative estimate of drug-likeness (QED) is 0.684. The molecule has 1 aliphatic rings. The highest BCUT2D eigenvalue weighted by atomic mass is 16.6. The molecule has 0 aromatic carbocycles. The van der Waals surface area contributed by atoms with Crippen molar-refractivity contribution in [1.29, 1.82) is 0 Å². The lowest BCUT2D eigenvalue weighted by Crippen LogP contribution is -2.39. The highest BCUT2D eigenvalue weighted by molar-refractivity contribution is 5.73. The minimum atomic E-state index is -0.201. The number of esters is 1. The number of rotatable bonds is 4. The molecule has 0 amide bonds. The van der Waals surface area contributed by atoms with Gasteiger partial charge in [-0.05, 0) is 38.0 Å². The number of hydrogen-bond donors (Lipinski definition) is 0. The van der Waals surface area contributed by atoms with Crippen LogP contribution in [0.1, 0.15) is 73.1 Å². The lowest BCUT2D eigenvalue weighted by atomic mass is 9.77. The number of ether oxygens (including phenoxy) is 1. The Hall–Kier alpha value is -0.530. The standard InChI is InChI=1S/C15H28O2/c1-6-14(3,4)12(2)13(16)17-15(5)10-8-7-9-11-15/h12H,6-11H2,1-5H3. The summed E-state index contributed by atoms with van der Waals surface area (Å²) in [6.07, 6.45) is 6.71. The Morgan fingerprint density at radius 3 is 2.29 bits per heavy atom. The third-order valence-electron chi connectivity index (χ3n) is 4.70. The SMILES string of the molecule is CCC(C)(C)C(C)C(=O)OC1(C)CCCCC1. The van der Waals surface area contributed by atoms with Crippen LogP contribution >= 0.6 is 0 Å². The van der Waals surface area contributed by atoms with Gasteiger partial charge >= 0.3 is 5.97 Å². The first-order chi connectivity index (χ1) is 7.81. The van der Waals surface area contributed by atoms with Crippen LogP contribution in [0.25, 0.3) is 0 Å². The van der Waals surface area contributed by atoms with E-state index < -0.39 is 0 Å². The van der Waals surface area contributed by atoms with Gasteiger partial charge in [0, 0.05) is 0 Å². The van der Waals surface area contributed by atoms with Crippen molar-refractivity contribution in [2.45, 2.75) is 78.7 Å². The molecule has 1 saturated carbocycles. The highest BCUT2D eigenvalue weighted by Crippen LogP contribution is 2.35. The van der Waals surface area contributed by atoms with E-state index in [1.165, 1.54) is 19.3 Å². The summed E-state index contributed by atoms with van der Waals surface area (Å²) in [4.78, 5) is 12.2. The van der Waals surface area contributed by atoms with Crippen molar-refractivity contribution in [2.75, 3.05) is 0 Å². The molecule has 2 heteroatoms. The van der Waals surface area contributed by atoms with Crippen molar-refractivity contribution in [3.8, 4) is 0 Å². The van der Waals surface area contributed by atoms with Crippen molar-refractivity contribution in [3.05, 3.63) is 0 Å². The molecule has 0 bridgehead atoms. The molecule has 0 spiro atoms. The molecule has 0 N–H and O–H groups in total. The van der Waals surface area contributed by atoms with Gasteiger partial charge in [0.25, 0.3) is 0 Å². The topological polar surface area (TPSA) is 26.3 Å². The van der Waals surface area contributed by atoms with Gasteiger partial charge in [0.05, 0.1) is 5.92 Å². The zero-order valence-corrected chi connectivity index (χ0v) is 12.1. The first-order valence-corrected chi connectivity index (χ1v) is 7.03. The van der Waals surface area contributed by atoms with Gasteiger partial charge < -0.3 is 4.74 Å². The Morgan fingerprint density at radius 2 is 1.82 bits per heavy atom. The normalized spacial score (nSPS) is 21.9. The van der Waals surface area contributed by atoms with Crippen LogP contribution in [0.15, 0.2) is 0 Å². The third-order valence-corrected chi connectivity index (χ3v) is 4.70. The molecule has 0 heterocycles. The van der Waals surface area contributed by atoms with E-state index in [2.05, 4.69) is 27.7 Å². The minimum Gasteiger partial charge on any atom is -0.459 e. The van der Waals surface area contributed by atoms with Gasteiger partial charge in [-0.25, -0.2) is 0 Å². The predicted molar refractivity (Wildman–Crippen MR) is 70.8 cm³/mol. The summed E-state index contributed by atoms with van der Waals surface area (Å²) in [5.41, 5.74) is -0.171. The van der Waals surface area contributed by atoms with Gasteiger partial charge in [0.15, 0.2) is 0 Å². The van der Waals surface area contributed by atoms with Crippen LogP contribution in [0.2, 0.25) is 0 Å². The van der Waals surface area contributed by atoms with E-state index in [0.717, 1.165) is 19.3 Å². The lowest BCUT2D eigenvalue weighted by Gasteiger charge is -2.37. The fourth-order valence-corrected chi connectivity index (χ4v) is 2.36. The smallest absolute Gasteiger partial charge is 0.309 e. The monoisotopic (exact) mass is 240 g/mol. The van der Waals surface area contributed by atoms with Crippen molar-refractivity contribution >= 4 is 5.97 Å². The molecule has 100 valence electrons. The maximum atomic E-state index is 12.2. The van der Waals surface area contributed by atoms with E-state index in [0.29, 0.717) is 0 Å². The Balaban J connectivity index is 2.59. The van der Waals surface area contributed by atoms with E-state index in [4.69, 9.17) is 4.74 Å². The van der Waals surface area contributed by atoms with Gasteiger partial charge in [-0.1, -0.05) is 40.5 Å². The first-order valence-electron chi connectivity index (χ1n) is 7.03. The zero-order chi connectivity index (χ0) is 13.1. The maximum absolute atomic E-state index is 12.2. The molecule has 1 atom stereocenters. The van der Waals surface area contributed by atoms with Crippen LogP contribution in [0.4, 0.5) is 0 Å². The Kier molecular flexibility index (Phi) is 4.62. The molecule has 0 aromatic rings. The van der Waals surface area contributed by atoms with Crippen LogP contribution in [0.3, 0.4) is 0 Å². The second kappa shape index (κ2) is 5.41. The van der Waals surface area contributed by atoms with Crippen LogP contribution in [-0.2, 0) is 9.53 Å². The van der Waals surface area contributed by atoms with Gasteiger partial charge in [-0.3, -0.25) is 4.79 Å². The van der Waals surface area contributed by atoms with Crippen molar-refractivity contribution in [3.63, 3.8) is 0 Å². The Morgan fingerprint density at radius 1 is 1.29 bits per heavy atom. The first kappa shape index (κ1) is 14.5. The summed E-state index contributed by atoms with van der Waals surface area (Å²) in [6, 6.07) is 0. The Bertz CT molecular complexity index is 262. The molecule has 1 unspecified atom stereocenters. The average molecular weight is 240 g/mol. The van der Waals surface area contributed by atoms with Crippen LogP contribution in [-0.4, -0.2) is 11.6 Å². The maximum Gasteiger partial charge on any atom is 0.309 e. The molecule has 1 fully saturated rings. The summed E-state index contributed by atoms with van der Waals surface area (Å²) in [5.74, 6) is -0.0347. The number of hydrogen-bond acceptors (Lipinski definition) is 2. The van der Waals surface area contributed by atoms with Gasteiger partial charge in [-0.2, -0.15) is 0 Å². The van der Waals surface area contributed by atoms with E-state index in [-0.39, 0.29) is 22.9 Å². The minimum absolute atomic E-state index is 0.0127. The molecule has 1 rings (SSSR count). The third kappa shape index (κ3) is 3.72. The van der Waals surface area contributed by atoms with Crippen molar-refractivity contribution in [2.24, 2.45) is 11.3 Å². The highest BCUT2D eigenvalue weighted by Gasteiger charge is 2.36. The van der Waals surface area contributed by atoms with Crippen LogP contribution < -0.4 is 0 Å². The molecule has 0 aliphatic heterocycles. The summed E-state index contributed by atoms with van der Waals surface area (Å²) in [5, 5.41) is 0. The molecule has 0 saturated heterocycles. The molecule has 0 aromatic heterocycles. The van der Waals surface area contributed by atoms with Crippen LogP contribution in [0, 0.1) is 11.3 Å². The average Bonchev–Trinajstić information content (AvgIpc) is 2.28. The molecule has 1 aliphatic carbocycles. The van der Waals surface area contributed by atoms with Crippen molar-refractivity contribution in [1.82, 2.24) is 0 Å². The molecular weight excluding hydrogens is 212 g/mol. The summed E-state index contributed by atoms with van der Waals surface area (Å²) >= 11 is 0. The second-order valence-electron chi connectivity index (χ2n) is 6.50. The fourth-order valence-electron chi connectivity index (χ4n) is 2.36. The largest absolute Gasteiger partial charge is 0.459 e. The molecule has 2 nitrogen and oxygen atoms in total. The summed E-state index contributed by atoms with van der Waals surface area (Å²) in [6.45, 7) is 10.5. The number of carbonyl (C=O) groups is 1. The molecular formula is C15H28O2. The summed E-state index contributed by atoms with van der Waals surface area (Å²) in [7, 11) is 0. The van der Waals surface area contributed by atoms with Gasteiger partial charge in [0.1, 0.15) is 5.60 Å². The summed E-state index contributed by atoms with van der Waals surface area (Å²) < 4.78 is 5.79. The van der Waals surface area contributed by atoms with Crippen LogP contribution in [0.5, 0.6) is 0 Å². The second-order valence-corrected chi connectivity index (χ2v) is 6.50. The van der Waals surface area contributed by atoms with Gasteiger partial charge in [0.2, 0.25) is 0 Å². The van der Waals surface area contributed by atoms with E-state index in [1.54, 1.807) is 0 Å². The van der Waals surface area contributed by atoms with E-state index >= 15 is 0 Å². The predicted octanol–water partition coefficient (Wildman–Crippen LogP) is 4.32. The lowest BCUT2D eigenvalue weighted by molar-refractivity contribution is -0.169. The Labute approximate surface area is 106 Å². The zero-order valence-electron chi connectivity index (χ0n) is 12.1. The fraction of sp³-hybridized carbons (Fsp3) is 0.933. The van der Waals surface area contributed by atoms with Gasteiger partial charge in [-0.15, -0.1) is 0 Å².